The smallest absolute Gasteiger partial charge is 0.226 e. The highest BCUT2D eigenvalue weighted by Gasteiger charge is 2.13. The van der Waals surface area contributed by atoms with Crippen molar-refractivity contribution in [2.24, 2.45) is 5.92 Å². The summed E-state index contributed by atoms with van der Waals surface area (Å²) in [6.07, 6.45) is 4.30. The minimum Gasteiger partial charge on any atom is -0.370 e. The lowest BCUT2D eigenvalue weighted by molar-refractivity contribution is 0.549. The summed E-state index contributed by atoms with van der Waals surface area (Å²) < 4.78 is 0. The molecule has 0 amide bonds. The summed E-state index contributed by atoms with van der Waals surface area (Å²) in [5.74, 6) is 2.48. The number of nitrogens with one attached hydrogen (secondary N) is 2. The van der Waals surface area contributed by atoms with Gasteiger partial charge in [-0.3, -0.25) is 0 Å². The lowest BCUT2D eigenvalue weighted by Gasteiger charge is -2.13. The minimum absolute atomic E-state index is 0.748. The third-order valence-corrected chi connectivity index (χ3v) is 3.06. The van der Waals surface area contributed by atoms with E-state index in [0.717, 1.165) is 30.8 Å². The second-order valence-corrected chi connectivity index (χ2v) is 4.71. The maximum Gasteiger partial charge on any atom is 0.226 e. The summed E-state index contributed by atoms with van der Waals surface area (Å²) in [6, 6.07) is 1.92. The highest BCUT2D eigenvalue weighted by molar-refractivity contribution is 5.40. The lowest BCUT2D eigenvalue weighted by atomic mass is 10.1. The number of hydrogen-bond donors (Lipinski definition) is 2. The number of hydrogen-bond acceptors (Lipinski definition) is 5. The predicted molar refractivity (Wildman–Crippen MR) is 70.4 cm³/mol. The van der Waals surface area contributed by atoms with E-state index >= 15 is 0 Å². The molecule has 5 heteroatoms. The topological polar surface area (TPSA) is 53.1 Å². The zero-order chi connectivity index (χ0) is 12.1. The Morgan fingerprint density at radius 3 is 3.12 bits per heavy atom. The lowest BCUT2D eigenvalue weighted by Crippen LogP contribution is -2.15. The van der Waals surface area contributed by atoms with E-state index in [1.54, 1.807) is 6.20 Å². The van der Waals surface area contributed by atoms with Gasteiger partial charge in [-0.2, -0.15) is 4.98 Å². The molecule has 2 heterocycles. The Balaban J connectivity index is 1.79. The summed E-state index contributed by atoms with van der Waals surface area (Å²) in [5.41, 5.74) is 0. The molecule has 0 radical (unpaired) electrons. The molecule has 2 rings (SSSR count). The zero-order valence-electron chi connectivity index (χ0n) is 10.6. The van der Waals surface area contributed by atoms with Crippen molar-refractivity contribution in [3.8, 4) is 0 Å². The second-order valence-electron chi connectivity index (χ2n) is 4.71. The molecular formula is C12H21N5. The van der Waals surface area contributed by atoms with Crippen LogP contribution in [0.4, 0.5) is 11.8 Å². The average Bonchev–Trinajstić information content (AvgIpc) is 2.82. The molecule has 0 bridgehead atoms. The minimum atomic E-state index is 0.748. The van der Waals surface area contributed by atoms with Gasteiger partial charge in [-0.1, -0.05) is 0 Å². The molecule has 1 aliphatic heterocycles. The molecule has 5 nitrogen and oxygen atoms in total. The first kappa shape index (κ1) is 12.1. The molecule has 1 fully saturated rings. The van der Waals surface area contributed by atoms with Crippen molar-refractivity contribution in [2.75, 3.05) is 43.9 Å². The van der Waals surface area contributed by atoms with E-state index in [1.165, 1.54) is 19.4 Å². The van der Waals surface area contributed by atoms with Gasteiger partial charge in [-0.15, -0.1) is 0 Å². The molecular weight excluding hydrogens is 214 g/mol. The van der Waals surface area contributed by atoms with E-state index in [2.05, 4.69) is 20.6 Å². The Hall–Kier alpha value is -1.36. The summed E-state index contributed by atoms with van der Waals surface area (Å²) in [7, 11) is 3.90. The van der Waals surface area contributed by atoms with Crippen LogP contribution >= 0.6 is 0 Å². The van der Waals surface area contributed by atoms with E-state index in [-0.39, 0.29) is 0 Å². The molecule has 0 spiro atoms. The Labute approximate surface area is 103 Å². The van der Waals surface area contributed by atoms with Crippen molar-refractivity contribution in [3.05, 3.63) is 12.3 Å². The quantitative estimate of drug-likeness (QED) is 0.796. The van der Waals surface area contributed by atoms with Gasteiger partial charge in [0.2, 0.25) is 5.95 Å². The standard InChI is InChI=1S/C12H21N5/c1-17(2)12-15-8-5-11(16-12)14-7-4-10-3-6-13-9-10/h5,8,10,13H,3-4,6-7,9H2,1-2H3,(H,14,15,16). The van der Waals surface area contributed by atoms with Crippen LogP contribution in [0.5, 0.6) is 0 Å². The third-order valence-electron chi connectivity index (χ3n) is 3.06. The highest BCUT2D eigenvalue weighted by atomic mass is 15.2. The van der Waals surface area contributed by atoms with E-state index < -0.39 is 0 Å². The first-order valence-electron chi connectivity index (χ1n) is 6.20. The van der Waals surface area contributed by atoms with Crippen LogP contribution in [0.2, 0.25) is 0 Å². The number of anilines is 2. The van der Waals surface area contributed by atoms with Gasteiger partial charge in [0, 0.05) is 26.8 Å². The molecule has 1 unspecified atom stereocenters. The predicted octanol–water partition coefficient (Wildman–Crippen LogP) is 0.954. The second kappa shape index (κ2) is 5.82. The highest BCUT2D eigenvalue weighted by Crippen LogP contribution is 2.13. The van der Waals surface area contributed by atoms with E-state index in [9.17, 15) is 0 Å². The molecule has 2 N–H and O–H groups in total. The van der Waals surface area contributed by atoms with Crippen molar-refractivity contribution in [1.82, 2.24) is 15.3 Å². The zero-order valence-corrected chi connectivity index (χ0v) is 10.6. The molecule has 0 aliphatic carbocycles. The van der Waals surface area contributed by atoms with Crippen LogP contribution < -0.4 is 15.5 Å². The maximum atomic E-state index is 4.42. The van der Waals surface area contributed by atoms with Crippen LogP contribution in [0.1, 0.15) is 12.8 Å². The van der Waals surface area contributed by atoms with Gasteiger partial charge in [0.05, 0.1) is 0 Å². The summed E-state index contributed by atoms with van der Waals surface area (Å²) in [6.45, 7) is 3.31. The van der Waals surface area contributed by atoms with Crippen LogP contribution in [0.3, 0.4) is 0 Å². The van der Waals surface area contributed by atoms with Crippen molar-refractivity contribution >= 4 is 11.8 Å². The van der Waals surface area contributed by atoms with E-state index in [1.807, 2.05) is 25.1 Å². The SMILES string of the molecule is CN(C)c1nccc(NCCC2CCNC2)n1. The number of rotatable bonds is 5. The number of nitrogens with zero attached hydrogens (tertiary/aromatic N) is 3. The number of aromatic nitrogens is 2. The Morgan fingerprint density at radius 2 is 2.41 bits per heavy atom. The van der Waals surface area contributed by atoms with E-state index in [0.29, 0.717) is 0 Å². The van der Waals surface area contributed by atoms with Gasteiger partial charge in [0.25, 0.3) is 0 Å². The van der Waals surface area contributed by atoms with Crippen LogP contribution in [0, 0.1) is 5.92 Å². The molecule has 1 aromatic rings. The molecule has 1 aliphatic rings. The van der Waals surface area contributed by atoms with Gasteiger partial charge in [-0.05, 0) is 37.9 Å². The van der Waals surface area contributed by atoms with Gasteiger partial charge in [-0.25, -0.2) is 4.98 Å². The molecule has 1 aromatic heterocycles. The molecule has 1 saturated heterocycles. The Morgan fingerprint density at radius 1 is 1.53 bits per heavy atom. The maximum absolute atomic E-state index is 4.42. The largest absolute Gasteiger partial charge is 0.370 e. The third kappa shape index (κ3) is 3.56. The molecule has 17 heavy (non-hydrogen) atoms. The molecule has 1 atom stereocenters. The average molecular weight is 235 g/mol. The van der Waals surface area contributed by atoms with Crippen LogP contribution in [-0.4, -0.2) is 43.7 Å². The fourth-order valence-corrected chi connectivity index (χ4v) is 2.03. The summed E-state index contributed by atoms with van der Waals surface area (Å²) in [4.78, 5) is 10.5. The van der Waals surface area contributed by atoms with Gasteiger partial charge in [0.1, 0.15) is 5.82 Å². The van der Waals surface area contributed by atoms with Crippen molar-refractivity contribution in [1.29, 1.82) is 0 Å². The van der Waals surface area contributed by atoms with Crippen molar-refractivity contribution < 1.29 is 0 Å². The van der Waals surface area contributed by atoms with Crippen molar-refractivity contribution in [2.45, 2.75) is 12.8 Å². The first-order chi connectivity index (χ1) is 8.25. The molecule has 94 valence electrons. The fraction of sp³-hybridized carbons (Fsp3) is 0.667. The fourth-order valence-electron chi connectivity index (χ4n) is 2.03. The summed E-state index contributed by atoms with van der Waals surface area (Å²) in [5, 5.41) is 6.75. The summed E-state index contributed by atoms with van der Waals surface area (Å²) >= 11 is 0. The normalized spacial score (nSPS) is 19.3. The molecule has 0 aromatic carbocycles. The first-order valence-corrected chi connectivity index (χ1v) is 6.20. The Kier molecular flexibility index (Phi) is 4.14. The van der Waals surface area contributed by atoms with Gasteiger partial charge in [0.15, 0.2) is 0 Å². The van der Waals surface area contributed by atoms with Gasteiger partial charge >= 0.3 is 0 Å². The van der Waals surface area contributed by atoms with Crippen LogP contribution in [0.25, 0.3) is 0 Å². The van der Waals surface area contributed by atoms with Gasteiger partial charge < -0.3 is 15.5 Å². The van der Waals surface area contributed by atoms with Crippen molar-refractivity contribution in [3.63, 3.8) is 0 Å². The molecule has 0 saturated carbocycles. The van der Waals surface area contributed by atoms with E-state index in [4.69, 9.17) is 0 Å². The Bertz CT molecular complexity index is 347. The van der Waals surface area contributed by atoms with Crippen LogP contribution in [0.15, 0.2) is 12.3 Å². The van der Waals surface area contributed by atoms with Crippen LogP contribution in [-0.2, 0) is 0 Å². The monoisotopic (exact) mass is 235 g/mol.